The smallest absolute Gasteiger partial charge is 0.152 e. The Morgan fingerprint density at radius 3 is 2.47 bits per heavy atom. The Labute approximate surface area is 124 Å². The van der Waals surface area contributed by atoms with Crippen LogP contribution in [0.25, 0.3) is 5.57 Å². The van der Waals surface area contributed by atoms with Crippen LogP contribution in [0.1, 0.15) is 63.0 Å². The molecule has 2 heteroatoms. The van der Waals surface area contributed by atoms with E-state index in [1.165, 1.54) is 42.1 Å². The minimum absolute atomic E-state index is 0.102. The van der Waals surface area contributed by atoms with Gasteiger partial charge in [-0.1, -0.05) is 47.3 Å². The molecule has 1 saturated carbocycles. The molecule has 0 atom stereocenters. The minimum Gasteiger partial charge on any atom is -0.295 e. The largest absolute Gasteiger partial charge is 0.295 e. The van der Waals surface area contributed by atoms with Gasteiger partial charge in [-0.05, 0) is 61.4 Å². The van der Waals surface area contributed by atoms with Gasteiger partial charge in [-0.15, -0.1) is 0 Å². The highest BCUT2D eigenvalue weighted by molar-refractivity contribution is 9.10. The van der Waals surface area contributed by atoms with Crippen LogP contribution in [0, 0.1) is 0 Å². The lowest BCUT2D eigenvalue weighted by Crippen LogP contribution is -2.05. The Morgan fingerprint density at radius 2 is 1.89 bits per heavy atom. The molecule has 0 aromatic heterocycles. The fraction of sp³-hybridized carbons (Fsp3) is 0.471. The van der Waals surface area contributed by atoms with Crippen molar-refractivity contribution in [2.75, 3.05) is 0 Å². The summed E-state index contributed by atoms with van der Waals surface area (Å²) in [4.78, 5) is 11.1. The van der Waals surface area contributed by atoms with E-state index in [4.69, 9.17) is 0 Å². The molecule has 1 nitrogen and oxygen atoms in total. The number of rotatable bonds is 3. The third kappa shape index (κ3) is 3.79. The molecule has 0 bridgehead atoms. The van der Waals surface area contributed by atoms with E-state index in [1.807, 2.05) is 6.92 Å². The Kier molecular flexibility index (Phi) is 4.98. The molecule has 19 heavy (non-hydrogen) atoms. The molecule has 0 aliphatic heterocycles. The van der Waals surface area contributed by atoms with Gasteiger partial charge in [-0.2, -0.15) is 0 Å². The van der Waals surface area contributed by atoms with E-state index < -0.39 is 0 Å². The maximum absolute atomic E-state index is 11.1. The summed E-state index contributed by atoms with van der Waals surface area (Å²) >= 11 is 3.71. The summed E-state index contributed by atoms with van der Waals surface area (Å²) in [7, 11) is 0. The lowest BCUT2D eigenvalue weighted by Gasteiger charge is -2.23. The van der Waals surface area contributed by atoms with Crippen molar-refractivity contribution in [2.45, 2.75) is 51.9 Å². The molecule has 0 spiro atoms. The van der Waals surface area contributed by atoms with Crippen molar-refractivity contribution < 1.29 is 4.79 Å². The zero-order valence-electron chi connectivity index (χ0n) is 11.7. The Morgan fingerprint density at radius 1 is 1.21 bits per heavy atom. The lowest BCUT2D eigenvalue weighted by atomic mass is 9.83. The van der Waals surface area contributed by atoms with Crippen LogP contribution in [0.15, 0.2) is 28.7 Å². The Bertz CT molecular complexity index is 496. The maximum atomic E-state index is 11.1. The first-order valence-electron chi connectivity index (χ1n) is 7.06. The second-order valence-electron chi connectivity index (χ2n) is 5.51. The van der Waals surface area contributed by atoms with Gasteiger partial charge in [0.05, 0.1) is 0 Å². The van der Waals surface area contributed by atoms with Gasteiger partial charge in [-0.25, -0.2) is 0 Å². The molecular weight excluding hydrogens is 300 g/mol. The molecule has 102 valence electrons. The van der Waals surface area contributed by atoms with Gasteiger partial charge in [0.25, 0.3) is 0 Å². The van der Waals surface area contributed by atoms with E-state index >= 15 is 0 Å². The van der Waals surface area contributed by atoms with Crippen molar-refractivity contribution in [3.05, 3.63) is 39.9 Å². The second kappa shape index (κ2) is 6.51. The third-order valence-electron chi connectivity index (χ3n) is 3.92. The van der Waals surface area contributed by atoms with Crippen molar-refractivity contribution in [1.82, 2.24) is 0 Å². The van der Waals surface area contributed by atoms with E-state index in [-0.39, 0.29) is 5.78 Å². The van der Waals surface area contributed by atoms with Gasteiger partial charge in [0.15, 0.2) is 5.78 Å². The molecule has 2 rings (SSSR count). The number of halogens is 1. The van der Waals surface area contributed by atoms with Crippen LogP contribution in [0.5, 0.6) is 0 Å². The number of benzene rings is 1. The van der Waals surface area contributed by atoms with E-state index in [1.54, 1.807) is 13.0 Å². The summed E-state index contributed by atoms with van der Waals surface area (Å²) in [6.45, 7) is 3.58. The van der Waals surface area contributed by atoms with E-state index in [9.17, 15) is 4.79 Å². The molecule has 0 amide bonds. The number of carbonyl (C=O) groups excluding carboxylic acids is 1. The highest BCUT2D eigenvalue weighted by Gasteiger charge is 2.17. The highest BCUT2D eigenvalue weighted by atomic mass is 79.9. The standard InChI is InChI=1S/C17H21BrO/c1-12(10-13(2)19)15-8-9-16(17(18)11-15)14-6-4-3-5-7-14/h8-11,14H,3-7H2,1-2H3/b12-10-. The average Bonchev–Trinajstić information content (AvgIpc) is 2.38. The Balaban J connectivity index is 2.23. The minimum atomic E-state index is 0.102. The summed E-state index contributed by atoms with van der Waals surface area (Å²) < 4.78 is 1.19. The van der Waals surface area contributed by atoms with Gasteiger partial charge in [0.2, 0.25) is 0 Å². The Hall–Kier alpha value is -0.890. The summed E-state index contributed by atoms with van der Waals surface area (Å²) in [6.07, 6.45) is 8.39. The molecular formula is C17H21BrO. The van der Waals surface area contributed by atoms with Crippen LogP contribution in [-0.2, 0) is 4.79 Å². The zero-order valence-corrected chi connectivity index (χ0v) is 13.3. The quantitative estimate of drug-likeness (QED) is 0.673. The van der Waals surface area contributed by atoms with Crippen LogP contribution < -0.4 is 0 Å². The summed E-state index contributed by atoms with van der Waals surface area (Å²) in [5.74, 6) is 0.805. The highest BCUT2D eigenvalue weighted by Crippen LogP contribution is 2.37. The van der Waals surface area contributed by atoms with Crippen LogP contribution >= 0.6 is 15.9 Å². The molecule has 1 aliphatic carbocycles. The monoisotopic (exact) mass is 320 g/mol. The number of allylic oxidation sites excluding steroid dienone is 2. The predicted molar refractivity (Wildman–Crippen MR) is 84.3 cm³/mol. The van der Waals surface area contributed by atoms with Crippen LogP contribution in [0.3, 0.4) is 0 Å². The fourth-order valence-corrected chi connectivity index (χ4v) is 3.61. The SMILES string of the molecule is CC(=O)/C=C(/C)c1ccc(C2CCCCC2)c(Br)c1. The number of hydrogen-bond donors (Lipinski definition) is 0. The number of ketones is 1. The molecule has 0 N–H and O–H groups in total. The summed E-state index contributed by atoms with van der Waals surface area (Å²) in [6, 6.07) is 6.52. The first-order chi connectivity index (χ1) is 9.08. The molecule has 0 heterocycles. The molecule has 1 fully saturated rings. The molecule has 0 saturated heterocycles. The molecule has 1 aromatic rings. The van der Waals surface area contributed by atoms with Gasteiger partial charge < -0.3 is 0 Å². The van der Waals surface area contributed by atoms with Gasteiger partial charge >= 0.3 is 0 Å². The maximum Gasteiger partial charge on any atom is 0.152 e. The average molecular weight is 321 g/mol. The normalized spacial score (nSPS) is 17.5. The number of hydrogen-bond acceptors (Lipinski definition) is 1. The first kappa shape index (κ1) is 14.5. The van der Waals surface area contributed by atoms with E-state index in [0.717, 1.165) is 11.1 Å². The van der Waals surface area contributed by atoms with E-state index in [0.29, 0.717) is 5.92 Å². The molecule has 1 aromatic carbocycles. The zero-order chi connectivity index (χ0) is 13.8. The topological polar surface area (TPSA) is 17.1 Å². The lowest BCUT2D eigenvalue weighted by molar-refractivity contribution is -0.112. The fourth-order valence-electron chi connectivity index (χ4n) is 2.91. The summed E-state index contributed by atoms with van der Waals surface area (Å²) in [5.41, 5.74) is 3.59. The van der Waals surface area contributed by atoms with Gasteiger partial charge in [0.1, 0.15) is 0 Å². The van der Waals surface area contributed by atoms with Gasteiger partial charge in [0, 0.05) is 4.47 Å². The number of carbonyl (C=O) groups is 1. The van der Waals surface area contributed by atoms with Gasteiger partial charge in [-0.3, -0.25) is 4.79 Å². The van der Waals surface area contributed by atoms with Crippen LogP contribution in [0.2, 0.25) is 0 Å². The van der Waals surface area contributed by atoms with Crippen molar-refractivity contribution in [3.8, 4) is 0 Å². The van der Waals surface area contributed by atoms with Crippen molar-refractivity contribution in [2.24, 2.45) is 0 Å². The van der Waals surface area contributed by atoms with Crippen LogP contribution in [-0.4, -0.2) is 5.78 Å². The van der Waals surface area contributed by atoms with Crippen molar-refractivity contribution in [3.63, 3.8) is 0 Å². The molecule has 0 radical (unpaired) electrons. The van der Waals surface area contributed by atoms with Crippen molar-refractivity contribution in [1.29, 1.82) is 0 Å². The molecule has 1 aliphatic rings. The predicted octanol–water partition coefficient (Wildman–Crippen LogP) is 5.49. The van der Waals surface area contributed by atoms with E-state index in [2.05, 4.69) is 34.1 Å². The van der Waals surface area contributed by atoms with Crippen LogP contribution in [0.4, 0.5) is 0 Å². The van der Waals surface area contributed by atoms with Crippen molar-refractivity contribution >= 4 is 27.3 Å². The summed E-state index contributed by atoms with van der Waals surface area (Å²) in [5, 5.41) is 0. The molecule has 0 unspecified atom stereocenters. The third-order valence-corrected chi connectivity index (χ3v) is 4.61. The second-order valence-corrected chi connectivity index (χ2v) is 6.36. The first-order valence-corrected chi connectivity index (χ1v) is 7.86.